The summed E-state index contributed by atoms with van der Waals surface area (Å²) in [6.07, 6.45) is 2.78. The van der Waals surface area contributed by atoms with E-state index in [0.717, 1.165) is 37.4 Å². The van der Waals surface area contributed by atoms with Crippen molar-refractivity contribution in [1.29, 1.82) is 0 Å². The highest BCUT2D eigenvalue weighted by Gasteiger charge is 2.16. The summed E-state index contributed by atoms with van der Waals surface area (Å²) in [5.41, 5.74) is 1.53. The summed E-state index contributed by atoms with van der Waals surface area (Å²) in [5.74, 6) is 1.35. The standard InChI is InChI=1S/C15H21NO3/c1-2-14(16-17)13-5-3-4-6-15(13)19-11-12-7-9-18-10-8-12/h3-6,12,17H,2,7-11H2,1H3. The molecular formula is C15H21NO3. The van der Waals surface area contributed by atoms with Crippen molar-refractivity contribution in [2.24, 2.45) is 11.1 Å². The Hall–Kier alpha value is -1.55. The molecule has 0 atom stereocenters. The second kappa shape index (κ2) is 7.14. The molecule has 4 heteroatoms. The Morgan fingerprint density at radius 1 is 1.37 bits per heavy atom. The fraction of sp³-hybridized carbons (Fsp3) is 0.533. The second-order valence-electron chi connectivity index (χ2n) is 4.76. The van der Waals surface area contributed by atoms with Gasteiger partial charge in [-0.3, -0.25) is 0 Å². The Morgan fingerprint density at radius 3 is 2.79 bits per heavy atom. The maximum atomic E-state index is 9.04. The van der Waals surface area contributed by atoms with Gasteiger partial charge in [-0.1, -0.05) is 24.2 Å². The highest BCUT2D eigenvalue weighted by Crippen LogP contribution is 2.23. The number of ether oxygens (including phenoxy) is 2. The van der Waals surface area contributed by atoms with Gasteiger partial charge in [0.1, 0.15) is 5.75 Å². The molecule has 1 aliphatic rings. The third-order valence-electron chi connectivity index (χ3n) is 3.47. The summed E-state index contributed by atoms with van der Waals surface area (Å²) in [7, 11) is 0. The van der Waals surface area contributed by atoms with E-state index in [4.69, 9.17) is 14.7 Å². The summed E-state index contributed by atoms with van der Waals surface area (Å²) >= 11 is 0. The zero-order valence-electron chi connectivity index (χ0n) is 11.3. The largest absolute Gasteiger partial charge is 0.493 e. The molecule has 19 heavy (non-hydrogen) atoms. The Morgan fingerprint density at radius 2 is 2.11 bits per heavy atom. The van der Waals surface area contributed by atoms with Crippen molar-refractivity contribution in [3.63, 3.8) is 0 Å². The van der Waals surface area contributed by atoms with Gasteiger partial charge in [0.2, 0.25) is 0 Å². The smallest absolute Gasteiger partial charge is 0.128 e. The minimum Gasteiger partial charge on any atom is -0.493 e. The van der Waals surface area contributed by atoms with Crippen LogP contribution in [0.15, 0.2) is 29.4 Å². The van der Waals surface area contributed by atoms with Gasteiger partial charge in [0, 0.05) is 18.8 Å². The van der Waals surface area contributed by atoms with Gasteiger partial charge in [-0.2, -0.15) is 0 Å². The van der Waals surface area contributed by atoms with Crippen LogP contribution in [0.25, 0.3) is 0 Å². The van der Waals surface area contributed by atoms with Crippen LogP contribution in [0.1, 0.15) is 31.7 Å². The van der Waals surface area contributed by atoms with Gasteiger partial charge >= 0.3 is 0 Å². The van der Waals surface area contributed by atoms with Gasteiger partial charge in [-0.25, -0.2) is 0 Å². The first-order valence-corrected chi connectivity index (χ1v) is 6.86. The lowest BCUT2D eigenvalue weighted by Crippen LogP contribution is -2.22. The molecule has 1 saturated heterocycles. The summed E-state index contributed by atoms with van der Waals surface area (Å²) in [5, 5.41) is 12.4. The Labute approximate surface area is 114 Å². The van der Waals surface area contributed by atoms with E-state index >= 15 is 0 Å². The molecule has 1 aliphatic heterocycles. The van der Waals surface area contributed by atoms with Gasteiger partial charge in [0.25, 0.3) is 0 Å². The van der Waals surface area contributed by atoms with Crippen molar-refractivity contribution in [3.8, 4) is 5.75 Å². The average molecular weight is 263 g/mol. The van der Waals surface area contributed by atoms with E-state index in [0.29, 0.717) is 24.7 Å². The number of para-hydroxylation sites is 1. The van der Waals surface area contributed by atoms with E-state index in [-0.39, 0.29) is 0 Å². The molecule has 1 N–H and O–H groups in total. The Balaban J connectivity index is 2.03. The fourth-order valence-corrected chi connectivity index (χ4v) is 2.27. The van der Waals surface area contributed by atoms with E-state index in [2.05, 4.69) is 5.16 Å². The van der Waals surface area contributed by atoms with Crippen LogP contribution in [0.5, 0.6) is 5.75 Å². The molecule has 4 nitrogen and oxygen atoms in total. The quantitative estimate of drug-likeness (QED) is 0.504. The Kier molecular flexibility index (Phi) is 5.21. The van der Waals surface area contributed by atoms with Gasteiger partial charge < -0.3 is 14.7 Å². The van der Waals surface area contributed by atoms with Gasteiger partial charge in [-0.05, 0) is 37.3 Å². The SMILES string of the molecule is CCC(=NO)c1ccccc1OCC1CCOCC1. The Bertz CT molecular complexity index is 425. The number of nitrogens with zero attached hydrogens (tertiary/aromatic N) is 1. The third-order valence-corrected chi connectivity index (χ3v) is 3.47. The maximum absolute atomic E-state index is 9.04. The fourth-order valence-electron chi connectivity index (χ4n) is 2.27. The monoisotopic (exact) mass is 263 g/mol. The van der Waals surface area contributed by atoms with Crippen LogP contribution in [-0.4, -0.2) is 30.7 Å². The van der Waals surface area contributed by atoms with Crippen LogP contribution in [-0.2, 0) is 4.74 Å². The molecule has 0 amide bonds. The number of benzene rings is 1. The predicted molar refractivity (Wildman–Crippen MR) is 74.1 cm³/mol. The second-order valence-corrected chi connectivity index (χ2v) is 4.76. The van der Waals surface area contributed by atoms with Crippen LogP contribution in [0.2, 0.25) is 0 Å². The average Bonchev–Trinajstić information content (AvgIpc) is 2.48. The van der Waals surface area contributed by atoms with Gasteiger partial charge in [-0.15, -0.1) is 0 Å². The lowest BCUT2D eigenvalue weighted by Gasteiger charge is -2.22. The van der Waals surface area contributed by atoms with Crippen molar-refractivity contribution in [2.75, 3.05) is 19.8 Å². The molecule has 1 heterocycles. The van der Waals surface area contributed by atoms with Crippen molar-refractivity contribution < 1.29 is 14.7 Å². The highest BCUT2D eigenvalue weighted by atomic mass is 16.5. The lowest BCUT2D eigenvalue weighted by atomic mass is 10.0. The number of oxime groups is 1. The zero-order chi connectivity index (χ0) is 13.5. The van der Waals surface area contributed by atoms with Crippen molar-refractivity contribution >= 4 is 5.71 Å². The van der Waals surface area contributed by atoms with Crippen LogP contribution in [0.3, 0.4) is 0 Å². The molecule has 0 spiro atoms. The van der Waals surface area contributed by atoms with Crippen LogP contribution in [0.4, 0.5) is 0 Å². The topological polar surface area (TPSA) is 51.1 Å². The summed E-state index contributed by atoms with van der Waals surface area (Å²) in [4.78, 5) is 0. The highest BCUT2D eigenvalue weighted by molar-refractivity contribution is 6.02. The number of hydrogen-bond acceptors (Lipinski definition) is 4. The van der Waals surface area contributed by atoms with Crippen LogP contribution < -0.4 is 4.74 Å². The molecular weight excluding hydrogens is 242 g/mol. The molecule has 0 aromatic heterocycles. The molecule has 0 unspecified atom stereocenters. The molecule has 1 fully saturated rings. The van der Waals surface area contributed by atoms with E-state index in [1.807, 2.05) is 31.2 Å². The van der Waals surface area contributed by atoms with Crippen LogP contribution >= 0.6 is 0 Å². The molecule has 0 bridgehead atoms. The van der Waals surface area contributed by atoms with Crippen molar-refractivity contribution in [1.82, 2.24) is 0 Å². The minimum atomic E-state index is 0.554. The van der Waals surface area contributed by atoms with E-state index in [9.17, 15) is 0 Å². The first-order valence-electron chi connectivity index (χ1n) is 6.86. The van der Waals surface area contributed by atoms with E-state index in [1.165, 1.54) is 0 Å². The normalized spacial score (nSPS) is 17.4. The summed E-state index contributed by atoms with van der Waals surface area (Å²) in [6.45, 7) is 4.31. The molecule has 0 radical (unpaired) electrons. The molecule has 1 aromatic rings. The minimum absolute atomic E-state index is 0.554. The predicted octanol–water partition coefficient (Wildman–Crippen LogP) is 3.08. The lowest BCUT2D eigenvalue weighted by molar-refractivity contribution is 0.0497. The summed E-state index contributed by atoms with van der Waals surface area (Å²) < 4.78 is 11.3. The van der Waals surface area contributed by atoms with E-state index < -0.39 is 0 Å². The first-order chi connectivity index (χ1) is 9.35. The number of hydrogen-bond donors (Lipinski definition) is 1. The molecule has 1 aromatic carbocycles. The molecule has 104 valence electrons. The van der Waals surface area contributed by atoms with Crippen molar-refractivity contribution in [3.05, 3.63) is 29.8 Å². The van der Waals surface area contributed by atoms with Crippen molar-refractivity contribution in [2.45, 2.75) is 26.2 Å². The first kappa shape index (κ1) is 13.9. The molecule has 0 aliphatic carbocycles. The van der Waals surface area contributed by atoms with E-state index in [1.54, 1.807) is 0 Å². The van der Waals surface area contributed by atoms with Gasteiger partial charge in [0.15, 0.2) is 0 Å². The third kappa shape index (κ3) is 3.70. The summed E-state index contributed by atoms with van der Waals surface area (Å²) in [6, 6.07) is 7.72. The maximum Gasteiger partial charge on any atom is 0.128 e. The zero-order valence-corrected chi connectivity index (χ0v) is 11.3. The number of rotatable bonds is 5. The van der Waals surface area contributed by atoms with Gasteiger partial charge in [0.05, 0.1) is 12.3 Å². The molecule has 2 rings (SSSR count). The molecule has 0 saturated carbocycles. The van der Waals surface area contributed by atoms with Crippen LogP contribution in [0, 0.1) is 5.92 Å².